The zero-order valence-electron chi connectivity index (χ0n) is 15.0. The van der Waals surface area contributed by atoms with Crippen molar-refractivity contribution in [3.63, 3.8) is 0 Å². The molecule has 138 valence electrons. The van der Waals surface area contributed by atoms with E-state index in [9.17, 15) is 4.79 Å². The molecule has 1 aliphatic rings. The Labute approximate surface area is 166 Å². The van der Waals surface area contributed by atoms with Gasteiger partial charge in [-0.3, -0.25) is 4.79 Å². The molecule has 1 amide bonds. The molecule has 27 heavy (non-hydrogen) atoms. The van der Waals surface area contributed by atoms with Gasteiger partial charge in [0.25, 0.3) is 0 Å². The molecule has 0 spiro atoms. The van der Waals surface area contributed by atoms with E-state index >= 15 is 0 Å². The standard InChI is InChI=1S/C21H20BrN3O2/c1-14(15-6-3-2-4-7-15)12-25-13-17(11-19(25)26)21-23-20(24-27-21)16-8-5-9-18(22)10-16/h2-10,14,17H,11-13H2,1H3. The molecule has 2 heterocycles. The Bertz CT molecular complexity index is 941. The summed E-state index contributed by atoms with van der Waals surface area (Å²) < 4.78 is 6.44. The molecule has 0 radical (unpaired) electrons. The van der Waals surface area contributed by atoms with Crippen LogP contribution in [0.15, 0.2) is 63.6 Å². The van der Waals surface area contributed by atoms with Gasteiger partial charge in [0, 0.05) is 29.5 Å². The lowest BCUT2D eigenvalue weighted by Crippen LogP contribution is -2.29. The van der Waals surface area contributed by atoms with E-state index in [-0.39, 0.29) is 17.7 Å². The van der Waals surface area contributed by atoms with Gasteiger partial charge in [-0.2, -0.15) is 4.98 Å². The highest BCUT2D eigenvalue weighted by molar-refractivity contribution is 9.10. The van der Waals surface area contributed by atoms with Gasteiger partial charge in [-0.05, 0) is 23.6 Å². The number of carbonyl (C=O) groups is 1. The summed E-state index contributed by atoms with van der Waals surface area (Å²) in [6, 6.07) is 18.0. The zero-order chi connectivity index (χ0) is 18.8. The number of hydrogen-bond acceptors (Lipinski definition) is 4. The fraction of sp³-hybridized carbons (Fsp3) is 0.286. The third-order valence-corrected chi connectivity index (χ3v) is 5.44. The average Bonchev–Trinajstić information content (AvgIpc) is 3.30. The van der Waals surface area contributed by atoms with E-state index in [0.29, 0.717) is 31.2 Å². The summed E-state index contributed by atoms with van der Waals surface area (Å²) in [5, 5.41) is 4.09. The third kappa shape index (κ3) is 3.95. The van der Waals surface area contributed by atoms with Gasteiger partial charge in [-0.25, -0.2) is 0 Å². The Balaban J connectivity index is 1.45. The van der Waals surface area contributed by atoms with Gasteiger partial charge in [0.05, 0.1) is 5.92 Å². The largest absolute Gasteiger partial charge is 0.341 e. The lowest BCUT2D eigenvalue weighted by molar-refractivity contribution is -0.127. The van der Waals surface area contributed by atoms with Crippen molar-refractivity contribution in [2.75, 3.05) is 13.1 Å². The topological polar surface area (TPSA) is 59.2 Å². The summed E-state index contributed by atoms with van der Waals surface area (Å²) in [5.74, 6) is 1.47. The van der Waals surface area contributed by atoms with Crippen LogP contribution in [0.5, 0.6) is 0 Å². The van der Waals surface area contributed by atoms with Crippen LogP contribution in [0, 0.1) is 0 Å². The first-order chi connectivity index (χ1) is 13.1. The molecule has 0 bridgehead atoms. The van der Waals surface area contributed by atoms with Gasteiger partial charge in [0.1, 0.15) is 0 Å². The predicted molar refractivity (Wildman–Crippen MR) is 106 cm³/mol. The SMILES string of the molecule is CC(CN1CC(c2nc(-c3cccc(Br)c3)no2)CC1=O)c1ccccc1. The molecule has 2 aromatic carbocycles. The Morgan fingerprint density at radius 1 is 1.22 bits per heavy atom. The normalized spacial score (nSPS) is 18.1. The van der Waals surface area contributed by atoms with Crippen molar-refractivity contribution in [1.29, 1.82) is 0 Å². The molecule has 0 N–H and O–H groups in total. The summed E-state index contributed by atoms with van der Waals surface area (Å²) in [6.45, 7) is 3.47. The third-order valence-electron chi connectivity index (χ3n) is 4.95. The summed E-state index contributed by atoms with van der Waals surface area (Å²) in [5.41, 5.74) is 2.13. The second-order valence-corrected chi connectivity index (χ2v) is 7.89. The van der Waals surface area contributed by atoms with Crippen LogP contribution in [0.3, 0.4) is 0 Å². The molecule has 1 fully saturated rings. The Kier molecular flexibility index (Phi) is 5.07. The Hall–Kier alpha value is -2.47. The van der Waals surface area contributed by atoms with Gasteiger partial charge in [0.2, 0.25) is 17.6 Å². The summed E-state index contributed by atoms with van der Waals surface area (Å²) >= 11 is 3.45. The van der Waals surface area contributed by atoms with Crippen molar-refractivity contribution < 1.29 is 9.32 Å². The molecular formula is C21H20BrN3O2. The van der Waals surface area contributed by atoms with E-state index in [2.05, 4.69) is 45.1 Å². The number of hydrogen-bond donors (Lipinski definition) is 0. The van der Waals surface area contributed by atoms with Crippen molar-refractivity contribution in [2.45, 2.75) is 25.2 Å². The smallest absolute Gasteiger partial charge is 0.232 e. The number of nitrogens with zero attached hydrogens (tertiary/aromatic N) is 3. The maximum atomic E-state index is 12.5. The van der Waals surface area contributed by atoms with E-state index in [4.69, 9.17) is 4.52 Å². The molecule has 2 unspecified atom stereocenters. The highest BCUT2D eigenvalue weighted by Gasteiger charge is 2.35. The lowest BCUT2D eigenvalue weighted by Gasteiger charge is -2.21. The minimum atomic E-state index is -0.0473. The second kappa shape index (κ2) is 7.64. The Morgan fingerprint density at radius 3 is 2.81 bits per heavy atom. The van der Waals surface area contributed by atoms with Gasteiger partial charge >= 0.3 is 0 Å². The lowest BCUT2D eigenvalue weighted by atomic mass is 10.0. The molecule has 1 aromatic heterocycles. The van der Waals surface area contributed by atoms with Crippen molar-refractivity contribution in [3.8, 4) is 11.4 Å². The summed E-state index contributed by atoms with van der Waals surface area (Å²) in [4.78, 5) is 18.9. The van der Waals surface area contributed by atoms with Crippen molar-refractivity contribution >= 4 is 21.8 Å². The minimum absolute atomic E-state index is 0.0473. The van der Waals surface area contributed by atoms with Crippen LogP contribution in [0.4, 0.5) is 0 Å². The molecule has 5 nitrogen and oxygen atoms in total. The molecule has 0 saturated carbocycles. The molecular weight excluding hydrogens is 406 g/mol. The fourth-order valence-electron chi connectivity index (χ4n) is 3.48. The second-order valence-electron chi connectivity index (χ2n) is 6.98. The van der Waals surface area contributed by atoms with E-state index in [1.165, 1.54) is 5.56 Å². The number of benzene rings is 2. The average molecular weight is 426 g/mol. The van der Waals surface area contributed by atoms with Crippen LogP contribution in [0.25, 0.3) is 11.4 Å². The molecule has 6 heteroatoms. The van der Waals surface area contributed by atoms with Crippen LogP contribution in [0.2, 0.25) is 0 Å². The maximum Gasteiger partial charge on any atom is 0.232 e. The molecule has 1 aliphatic heterocycles. The van der Waals surface area contributed by atoms with E-state index < -0.39 is 0 Å². The van der Waals surface area contributed by atoms with Crippen molar-refractivity contribution in [1.82, 2.24) is 15.0 Å². The maximum absolute atomic E-state index is 12.5. The van der Waals surface area contributed by atoms with Crippen molar-refractivity contribution in [2.24, 2.45) is 0 Å². The van der Waals surface area contributed by atoms with Crippen LogP contribution >= 0.6 is 15.9 Å². The monoisotopic (exact) mass is 425 g/mol. The number of aromatic nitrogens is 2. The molecule has 2 atom stereocenters. The minimum Gasteiger partial charge on any atom is -0.341 e. The van der Waals surface area contributed by atoms with Crippen molar-refractivity contribution in [3.05, 3.63) is 70.5 Å². The number of rotatable bonds is 5. The highest BCUT2D eigenvalue weighted by atomic mass is 79.9. The highest BCUT2D eigenvalue weighted by Crippen LogP contribution is 2.30. The van der Waals surface area contributed by atoms with Gasteiger partial charge < -0.3 is 9.42 Å². The molecule has 4 rings (SSSR count). The van der Waals surface area contributed by atoms with Crippen LogP contribution < -0.4 is 0 Å². The van der Waals surface area contributed by atoms with Crippen LogP contribution in [0.1, 0.15) is 36.6 Å². The molecule has 3 aromatic rings. The van der Waals surface area contributed by atoms with Gasteiger partial charge in [-0.15, -0.1) is 0 Å². The predicted octanol–water partition coefficient (Wildman–Crippen LogP) is 4.62. The zero-order valence-corrected chi connectivity index (χ0v) is 16.6. The summed E-state index contributed by atoms with van der Waals surface area (Å²) in [7, 11) is 0. The van der Waals surface area contributed by atoms with Gasteiger partial charge in [0.15, 0.2) is 0 Å². The molecule has 1 saturated heterocycles. The number of halogens is 1. The first kappa shape index (κ1) is 17.9. The van der Waals surface area contributed by atoms with Crippen LogP contribution in [-0.2, 0) is 4.79 Å². The summed E-state index contributed by atoms with van der Waals surface area (Å²) in [6.07, 6.45) is 0.418. The number of carbonyl (C=O) groups excluding carboxylic acids is 1. The molecule has 0 aliphatic carbocycles. The van der Waals surface area contributed by atoms with E-state index in [1.54, 1.807) is 0 Å². The first-order valence-corrected chi connectivity index (χ1v) is 9.81. The van der Waals surface area contributed by atoms with E-state index in [1.807, 2.05) is 47.4 Å². The van der Waals surface area contributed by atoms with Crippen LogP contribution in [-0.4, -0.2) is 34.0 Å². The Morgan fingerprint density at radius 2 is 2.04 bits per heavy atom. The van der Waals surface area contributed by atoms with Gasteiger partial charge in [-0.1, -0.05) is 70.5 Å². The van der Waals surface area contributed by atoms with E-state index in [0.717, 1.165) is 10.0 Å². The quantitative estimate of drug-likeness (QED) is 0.598. The number of amides is 1. The number of likely N-dealkylation sites (tertiary alicyclic amines) is 1. The first-order valence-electron chi connectivity index (χ1n) is 9.02. The fourth-order valence-corrected chi connectivity index (χ4v) is 3.88.